The molecule has 1 atom stereocenters. The Labute approximate surface area is 85.9 Å². The molecule has 0 amide bonds. The summed E-state index contributed by atoms with van der Waals surface area (Å²) in [6.45, 7) is 6.77. The molecule has 4 heteroatoms. The minimum absolute atomic E-state index is 0.290. The Morgan fingerprint density at radius 3 is 2.43 bits per heavy atom. The highest BCUT2D eigenvalue weighted by Crippen LogP contribution is 2.08. The van der Waals surface area contributed by atoms with Gasteiger partial charge in [0.1, 0.15) is 0 Å². The maximum atomic E-state index is 11.2. The summed E-state index contributed by atoms with van der Waals surface area (Å²) in [6.07, 6.45) is 0. The van der Waals surface area contributed by atoms with Crippen LogP contribution in [0.2, 0.25) is 0 Å². The Morgan fingerprint density at radius 1 is 1.57 bits per heavy atom. The monoisotopic (exact) mass is 203 g/mol. The van der Waals surface area contributed by atoms with Gasteiger partial charge in [-0.1, -0.05) is 13.8 Å². The van der Waals surface area contributed by atoms with E-state index in [9.17, 15) is 9.90 Å². The van der Waals surface area contributed by atoms with Crippen molar-refractivity contribution in [2.45, 2.75) is 26.4 Å². The first kappa shape index (κ1) is 13.4. The van der Waals surface area contributed by atoms with Crippen molar-refractivity contribution in [3.63, 3.8) is 0 Å². The lowest BCUT2D eigenvalue weighted by Gasteiger charge is -2.27. The number of likely N-dealkylation sites (N-methyl/N-ethyl adjacent to an activating group) is 1. The molecule has 0 fully saturated rings. The molecule has 4 nitrogen and oxygen atoms in total. The summed E-state index contributed by atoms with van der Waals surface area (Å²) in [6, 6.07) is 0. The summed E-state index contributed by atoms with van der Waals surface area (Å²) in [5, 5.41) is 9.75. The van der Waals surface area contributed by atoms with Crippen LogP contribution in [0, 0.1) is 5.92 Å². The topological polar surface area (TPSA) is 49.8 Å². The average molecular weight is 203 g/mol. The van der Waals surface area contributed by atoms with Crippen LogP contribution in [0.25, 0.3) is 0 Å². The zero-order chi connectivity index (χ0) is 11.4. The smallest absolute Gasteiger partial charge is 0.338 e. The highest BCUT2D eigenvalue weighted by molar-refractivity contribution is 5.78. The van der Waals surface area contributed by atoms with Gasteiger partial charge in [0.25, 0.3) is 0 Å². The normalized spacial score (nSPS) is 15.7. The van der Waals surface area contributed by atoms with Crippen molar-refractivity contribution in [2.75, 3.05) is 27.2 Å². The maximum Gasteiger partial charge on any atom is 0.338 e. The van der Waals surface area contributed by atoms with Gasteiger partial charge in [-0.25, -0.2) is 4.79 Å². The molecule has 0 heterocycles. The molecule has 0 aliphatic rings. The fourth-order valence-corrected chi connectivity index (χ4v) is 1.50. The van der Waals surface area contributed by atoms with Crippen molar-refractivity contribution in [3.8, 4) is 0 Å². The third-order valence-electron chi connectivity index (χ3n) is 1.88. The number of hydrogen-bond donors (Lipinski definition) is 1. The Kier molecular flexibility index (Phi) is 5.08. The molecule has 0 saturated carbocycles. The summed E-state index contributed by atoms with van der Waals surface area (Å²) in [5.41, 5.74) is -1.42. The molecule has 1 N–H and O–H groups in total. The molecule has 0 aliphatic heterocycles. The molecular formula is C10H21NO3. The van der Waals surface area contributed by atoms with Crippen LogP contribution in [-0.4, -0.2) is 48.8 Å². The molecular weight excluding hydrogens is 182 g/mol. The van der Waals surface area contributed by atoms with Crippen molar-refractivity contribution in [1.82, 2.24) is 4.90 Å². The first-order valence-corrected chi connectivity index (χ1v) is 4.79. The highest BCUT2D eigenvalue weighted by atomic mass is 16.5. The molecule has 0 aromatic heterocycles. The number of carbonyl (C=O) groups is 1. The second kappa shape index (κ2) is 5.32. The van der Waals surface area contributed by atoms with E-state index in [1.165, 1.54) is 14.0 Å². The van der Waals surface area contributed by atoms with E-state index < -0.39 is 11.6 Å². The highest BCUT2D eigenvalue weighted by Gasteiger charge is 2.32. The fraction of sp³-hybridized carbons (Fsp3) is 0.900. The Hall–Kier alpha value is -0.610. The molecule has 0 radical (unpaired) electrons. The number of nitrogens with zero attached hydrogens (tertiary/aromatic N) is 1. The lowest BCUT2D eigenvalue weighted by atomic mass is 10.1. The van der Waals surface area contributed by atoms with Crippen LogP contribution in [0.3, 0.4) is 0 Å². The molecule has 0 aromatic rings. The van der Waals surface area contributed by atoms with E-state index in [1.54, 1.807) is 0 Å². The largest absolute Gasteiger partial charge is 0.467 e. The maximum absolute atomic E-state index is 11.2. The van der Waals surface area contributed by atoms with Crippen molar-refractivity contribution in [1.29, 1.82) is 0 Å². The SMILES string of the molecule is COC(=O)C(C)(O)CN(C)CC(C)C. The fourth-order valence-electron chi connectivity index (χ4n) is 1.50. The third-order valence-corrected chi connectivity index (χ3v) is 1.88. The Morgan fingerprint density at radius 2 is 2.07 bits per heavy atom. The summed E-state index contributed by atoms with van der Waals surface area (Å²) < 4.78 is 4.51. The quantitative estimate of drug-likeness (QED) is 0.661. The van der Waals surface area contributed by atoms with Crippen molar-refractivity contribution >= 4 is 5.97 Å². The second-order valence-corrected chi connectivity index (χ2v) is 4.36. The van der Waals surface area contributed by atoms with E-state index in [1.807, 2.05) is 11.9 Å². The van der Waals surface area contributed by atoms with Gasteiger partial charge in [-0.3, -0.25) is 0 Å². The number of esters is 1. The van der Waals surface area contributed by atoms with Gasteiger partial charge in [-0.2, -0.15) is 0 Å². The van der Waals surface area contributed by atoms with Crippen molar-refractivity contribution in [3.05, 3.63) is 0 Å². The lowest BCUT2D eigenvalue weighted by Crippen LogP contribution is -2.47. The Balaban J connectivity index is 4.14. The van der Waals surface area contributed by atoms with Crippen LogP contribution >= 0.6 is 0 Å². The summed E-state index contributed by atoms with van der Waals surface area (Å²) >= 11 is 0. The predicted octanol–water partition coefficient (Wildman–Crippen LogP) is 0.498. The van der Waals surface area contributed by atoms with E-state index in [0.29, 0.717) is 5.92 Å². The van der Waals surface area contributed by atoms with Gasteiger partial charge < -0.3 is 14.7 Å². The number of hydrogen-bond acceptors (Lipinski definition) is 4. The third kappa shape index (κ3) is 4.58. The standard InChI is InChI=1S/C10H21NO3/c1-8(2)6-11(4)7-10(3,13)9(12)14-5/h8,13H,6-7H2,1-5H3. The first-order chi connectivity index (χ1) is 6.29. The van der Waals surface area contributed by atoms with Crippen molar-refractivity contribution in [2.24, 2.45) is 5.92 Å². The number of ether oxygens (including phenoxy) is 1. The molecule has 0 spiro atoms. The molecule has 0 aromatic carbocycles. The van der Waals surface area contributed by atoms with E-state index >= 15 is 0 Å². The van der Waals surface area contributed by atoms with E-state index in [2.05, 4.69) is 18.6 Å². The zero-order valence-electron chi connectivity index (χ0n) is 9.70. The molecule has 14 heavy (non-hydrogen) atoms. The van der Waals surface area contributed by atoms with E-state index in [-0.39, 0.29) is 6.54 Å². The minimum Gasteiger partial charge on any atom is -0.467 e. The predicted molar refractivity (Wildman–Crippen MR) is 55.0 cm³/mol. The van der Waals surface area contributed by atoms with Crippen LogP contribution in [0.15, 0.2) is 0 Å². The number of carbonyl (C=O) groups excluding carboxylic acids is 1. The van der Waals surface area contributed by atoms with Crippen LogP contribution < -0.4 is 0 Å². The van der Waals surface area contributed by atoms with Crippen LogP contribution in [-0.2, 0) is 9.53 Å². The summed E-state index contributed by atoms with van der Waals surface area (Å²) in [4.78, 5) is 13.1. The van der Waals surface area contributed by atoms with Crippen LogP contribution in [0.5, 0.6) is 0 Å². The van der Waals surface area contributed by atoms with E-state index in [0.717, 1.165) is 6.54 Å². The second-order valence-electron chi connectivity index (χ2n) is 4.36. The van der Waals surface area contributed by atoms with Gasteiger partial charge in [-0.15, -0.1) is 0 Å². The summed E-state index contributed by atoms with van der Waals surface area (Å²) in [7, 11) is 3.15. The minimum atomic E-state index is -1.42. The van der Waals surface area contributed by atoms with E-state index in [4.69, 9.17) is 0 Å². The van der Waals surface area contributed by atoms with Crippen molar-refractivity contribution < 1.29 is 14.6 Å². The van der Waals surface area contributed by atoms with Crippen LogP contribution in [0.4, 0.5) is 0 Å². The molecule has 84 valence electrons. The molecule has 0 aliphatic carbocycles. The first-order valence-electron chi connectivity index (χ1n) is 4.79. The molecule has 0 bridgehead atoms. The Bertz CT molecular complexity index is 190. The molecule has 0 rings (SSSR count). The summed E-state index contributed by atoms with van der Waals surface area (Å²) in [5.74, 6) is -0.0819. The number of methoxy groups -OCH3 is 1. The van der Waals surface area contributed by atoms with Gasteiger partial charge in [-0.05, 0) is 19.9 Å². The number of aliphatic hydroxyl groups is 1. The van der Waals surface area contributed by atoms with Gasteiger partial charge in [0, 0.05) is 13.1 Å². The van der Waals surface area contributed by atoms with Gasteiger partial charge in [0.2, 0.25) is 0 Å². The van der Waals surface area contributed by atoms with Gasteiger partial charge in [0.05, 0.1) is 7.11 Å². The lowest BCUT2D eigenvalue weighted by molar-refractivity contribution is -0.162. The van der Waals surface area contributed by atoms with Crippen LogP contribution in [0.1, 0.15) is 20.8 Å². The average Bonchev–Trinajstić information content (AvgIpc) is 1.99. The molecule has 1 unspecified atom stereocenters. The van der Waals surface area contributed by atoms with Gasteiger partial charge in [0.15, 0.2) is 5.60 Å². The molecule has 0 saturated heterocycles. The zero-order valence-corrected chi connectivity index (χ0v) is 9.70. The number of rotatable bonds is 5. The van der Waals surface area contributed by atoms with Gasteiger partial charge >= 0.3 is 5.97 Å².